The molecule has 0 spiro atoms. The van der Waals surface area contributed by atoms with Crippen molar-refractivity contribution in [1.29, 1.82) is 0 Å². The van der Waals surface area contributed by atoms with Gasteiger partial charge >= 0.3 is 0 Å². The van der Waals surface area contributed by atoms with E-state index in [1.165, 1.54) is 6.07 Å². The average Bonchev–Trinajstić information content (AvgIpc) is 2.26. The van der Waals surface area contributed by atoms with Gasteiger partial charge in [-0.2, -0.15) is 0 Å². The zero-order chi connectivity index (χ0) is 12.0. The number of nitrogens with one attached hydrogen (secondary N) is 1. The Balaban J connectivity index is 2.80. The van der Waals surface area contributed by atoms with Crippen LogP contribution in [0.1, 0.15) is 19.4 Å². The molecule has 0 radical (unpaired) electrons. The van der Waals surface area contributed by atoms with Crippen LogP contribution in [0.4, 0.5) is 5.69 Å². The summed E-state index contributed by atoms with van der Waals surface area (Å²) in [6, 6.07) is 6.64. The van der Waals surface area contributed by atoms with E-state index < -0.39 is 0 Å². The highest BCUT2D eigenvalue weighted by molar-refractivity contribution is 5.56. The Morgan fingerprint density at radius 1 is 1.56 bits per heavy atom. The lowest BCUT2D eigenvalue weighted by molar-refractivity contribution is -0.384. The van der Waals surface area contributed by atoms with E-state index in [9.17, 15) is 10.1 Å². The van der Waals surface area contributed by atoms with E-state index >= 15 is 0 Å². The van der Waals surface area contributed by atoms with Crippen LogP contribution in [0.2, 0.25) is 0 Å². The van der Waals surface area contributed by atoms with Crippen molar-refractivity contribution in [3.8, 4) is 0 Å². The van der Waals surface area contributed by atoms with Crippen molar-refractivity contribution < 1.29 is 4.92 Å². The smallest absolute Gasteiger partial charge is 0.270 e. The molecule has 0 heterocycles. The van der Waals surface area contributed by atoms with E-state index in [0.29, 0.717) is 0 Å². The predicted molar refractivity (Wildman–Crippen MR) is 65.3 cm³/mol. The number of nitrogens with zero attached hydrogens (tertiary/aromatic N) is 1. The number of benzene rings is 1. The second-order valence-electron chi connectivity index (χ2n) is 3.62. The summed E-state index contributed by atoms with van der Waals surface area (Å²) in [4.78, 5) is 10.2. The molecule has 0 aliphatic carbocycles. The normalized spacial score (nSPS) is 11.5. The molecule has 1 aromatic rings. The van der Waals surface area contributed by atoms with E-state index in [4.69, 9.17) is 0 Å². The third-order valence-corrected chi connectivity index (χ3v) is 2.15. The van der Waals surface area contributed by atoms with Crippen molar-refractivity contribution in [2.24, 2.45) is 0 Å². The van der Waals surface area contributed by atoms with Crippen LogP contribution in [0.25, 0.3) is 6.08 Å². The van der Waals surface area contributed by atoms with Crippen LogP contribution in [-0.2, 0) is 0 Å². The van der Waals surface area contributed by atoms with Crippen LogP contribution in [0, 0.1) is 10.1 Å². The molecule has 16 heavy (non-hydrogen) atoms. The second kappa shape index (κ2) is 6.02. The summed E-state index contributed by atoms with van der Waals surface area (Å²) in [5, 5.41) is 13.8. The van der Waals surface area contributed by atoms with Gasteiger partial charge in [0.1, 0.15) is 0 Å². The van der Waals surface area contributed by atoms with Crippen molar-refractivity contribution in [1.82, 2.24) is 5.32 Å². The quantitative estimate of drug-likeness (QED) is 0.613. The Morgan fingerprint density at radius 2 is 2.31 bits per heavy atom. The lowest BCUT2D eigenvalue weighted by atomic mass is 10.1. The van der Waals surface area contributed by atoms with Gasteiger partial charge in [-0.15, -0.1) is 0 Å². The molecule has 0 aliphatic heterocycles. The fourth-order valence-corrected chi connectivity index (χ4v) is 1.39. The van der Waals surface area contributed by atoms with Gasteiger partial charge in [-0.1, -0.05) is 30.7 Å². The monoisotopic (exact) mass is 220 g/mol. The predicted octanol–water partition coefficient (Wildman–Crippen LogP) is 2.61. The molecule has 1 aromatic carbocycles. The lowest BCUT2D eigenvalue weighted by Gasteiger charge is -2.02. The molecule has 0 saturated heterocycles. The summed E-state index contributed by atoms with van der Waals surface area (Å²) >= 11 is 0. The SMILES string of the molecule is CCNCC(C)=Cc1cccc([N+](=O)[O-])c1. The number of non-ortho nitro benzene ring substituents is 1. The summed E-state index contributed by atoms with van der Waals surface area (Å²) in [5.74, 6) is 0. The van der Waals surface area contributed by atoms with E-state index in [1.807, 2.05) is 26.0 Å². The van der Waals surface area contributed by atoms with Crippen LogP contribution in [-0.4, -0.2) is 18.0 Å². The van der Waals surface area contributed by atoms with Crippen molar-refractivity contribution >= 4 is 11.8 Å². The van der Waals surface area contributed by atoms with Gasteiger partial charge < -0.3 is 5.32 Å². The summed E-state index contributed by atoms with van der Waals surface area (Å²) in [6.45, 7) is 5.77. The number of hydrogen-bond acceptors (Lipinski definition) is 3. The standard InChI is InChI=1S/C12H16N2O2/c1-3-13-9-10(2)7-11-5-4-6-12(8-11)14(15)16/h4-8,13H,3,9H2,1-2H3. The first-order chi connectivity index (χ1) is 7.63. The first-order valence-electron chi connectivity index (χ1n) is 5.26. The highest BCUT2D eigenvalue weighted by Gasteiger charge is 2.03. The molecular formula is C12H16N2O2. The lowest BCUT2D eigenvalue weighted by Crippen LogP contribution is -2.14. The zero-order valence-corrected chi connectivity index (χ0v) is 9.56. The molecule has 4 nitrogen and oxygen atoms in total. The maximum Gasteiger partial charge on any atom is 0.270 e. The molecule has 0 fully saturated rings. The van der Waals surface area contributed by atoms with Crippen LogP contribution in [0.5, 0.6) is 0 Å². The first kappa shape index (κ1) is 12.4. The fourth-order valence-electron chi connectivity index (χ4n) is 1.39. The molecule has 86 valence electrons. The van der Waals surface area contributed by atoms with Gasteiger partial charge in [-0.25, -0.2) is 0 Å². The van der Waals surface area contributed by atoms with Gasteiger partial charge in [0.05, 0.1) is 4.92 Å². The molecule has 0 unspecified atom stereocenters. The van der Waals surface area contributed by atoms with Crippen LogP contribution in [0.15, 0.2) is 29.8 Å². The van der Waals surface area contributed by atoms with Crippen molar-refractivity contribution in [2.75, 3.05) is 13.1 Å². The minimum atomic E-state index is -0.378. The molecule has 0 aromatic heterocycles. The largest absolute Gasteiger partial charge is 0.313 e. The van der Waals surface area contributed by atoms with Gasteiger partial charge in [0, 0.05) is 18.7 Å². The molecule has 0 saturated carbocycles. The Kier molecular flexibility index (Phi) is 4.66. The maximum atomic E-state index is 10.6. The van der Waals surface area contributed by atoms with Gasteiger partial charge in [0.2, 0.25) is 0 Å². The average molecular weight is 220 g/mol. The Labute approximate surface area is 95.1 Å². The molecule has 1 N–H and O–H groups in total. The zero-order valence-electron chi connectivity index (χ0n) is 9.56. The van der Waals surface area contributed by atoms with Crippen LogP contribution >= 0.6 is 0 Å². The summed E-state index contributed by atoms with van der Waals surface area (Å²) in [6.07, 6.45) is 1.95. The maximum absolute atomic E-state index is 10.6. The minimum absolute atomic E-state index is 0.130. The van der Waals surface area contributed by atoms with Crippen molar-refractivity contribution in [3.63, 3.8) is 0 Å². The van der Waals surface area contributed by atoms with Crippen LogP contribution < -0.4 is 5.32 Å². The van der Waals surface area contributed by atoms with Crippen molar-refractivity contribution in [3.05, 3.63) is 45.5 Å². The molecule has 0 amide bonds. The van der Waals surface area contributed by atoms with E-state index in [1.54, 1.807) is 12.1 Å². The number of nitro groups is 1. The third kappa shape index (κ3) is 3.82. The van der Waals surface area contributed by atoms with Crippen molar-refractivity contribution in [2.45, 2.75) is 13.8 Å². The van der Waals surface area contributed by atoms with Gasteiger partial charge in [-0.05, 0) is 19.0 Å². The molecular weight excluding hydrogens is 204 g/mol. The minimum Gasteiger partial charge on any atom is -0.313 e. The Hall–Kier alpha value is -1.68. The molecule has 4 heteroatoms. The Bertz CT molecular complexity index is 400. The summed E-state index contributed by atoms with van der Waals surface area (Å²) in [5.41, 5.74) is 2.15. The van der Waals surface area contributed by atoms with E-state index in [-0.39, 0.29) is 10.6 Å². The van der Waals surface area contributed by atoms with Gasteiger partial charge in [-0.3, -0.25) is 10.1 Å². The first-order valence-corrected chi connectivity index (χ1v) is 5.26. The fraction of sp³-hybridized carbons (Fsp3) is 0.333. The topological polar surface area (TPSA) is 55.2 Å². The second-order valence-corrected chi connectivity index (χ2v) is 3.62. The highest BCUT2D eigenvalue weighted by Crippen LogP contribution is 2.15. The number of hydrogen-bond donors (Lipinski definition) is 1. The molecule has 0 bridgehead atoms. The van der Waals surface area contributed by atoms with E-state index in [2.05, 4.69) is 5.32 Å². The summed E-state index contributed by atoms with van der Waals surface area (Å²) in [7, 11) is 0. The van der Waals surface area contributed by atoms with Gasteiger partial charge in [0.25, 0.3) is 5.69 Å². The number of likely N-dealkylation sites (N-methyl/N-ethyl adjacent to an activating group) is 1. The molecule has 0 aliphatic rings. The van der Waals surface area contributed by atoms with Gasteiger partial charge in [0.15, 0.2) is 0 Å². The number of nitro benzene ring substituents is 1. The molecule has 0 atom stereocenters. The number of rotatable bonds is 5. The van der Waals surface area contributed by atoms with E-state index in [0.717, 1.165) is 24.2 Å². The van der Waals surface area contributed by atoms with Crippen LogP contribution in [0.3, 0.4) is 0 Å². The Morgan fingerprint density at radius 3 is 2.94 bits per heavy atom. The highest BCUT2D eigenvalue weighted by atomic mass is 16.6. The third-order valence-electron chi connectivity index (χ3n) is 2.15. The molecule has 1 rings (SSSR count). The summed E-state index contributed by atoms with van der Waals surface area (Å²) < 4.78 is 0.